The molecule has 1 aromatic rings. The van der Waals surface area contributed by atoms with Gasteiger partial charge in [-0.15, -0.1) is 12.4 Å². The standard InChI is InChI=1S/C9H12F5N3S.ClH/c10-18(11,12,13,14)8-1-2-9(16-7-8)17-5-3-15-4-6-17;/h1-2,7,15H,3-6H2;1H. The molecule has 0 unspecified atom stereocenters. The second-order valence-corrected chi connectivity index (χ2v) is 6.47. The van der Waals surface area contributed by atoms with Gasteiger partial charge in [0.2, 0.25) is 0 Å². The summed E-state index contributed by atoms with van der Waals surface area (Å²) < 4.78 is 62.3. The lowest BCUT2D eigenvalue weighted by Crippen LogP contribution is -2.43. The van der Waals surface area contributed by atoms with Gasteiger partial charge in [0.25, 0.3) is 0 Å². The molecule has 0 bridgehead atoms. The zero-order valence-corrected chi connectivity index (χ0v) is 11.3. The summed E-state index contributed by atoms with van der Waals surface area (Å²) >= 11 is 0. The van der Waals surface area contributed by atoms with E-state index in [1.54, 1.807) is 4.90 Å². The van der Waals surface area contributed by atoms with Crippen molar-refractivity contribution in [3.8, 4) is 0 Å². The van der Waals surface area contributed by atoms with Gasteiger partial charge in [0.15, 0.2) is 0 Å². The maximum atomic E-state index is 12.5. The third-order valence-electron chi connectivity index (χ3n) is 2.61. The molecule has 1 N–H and O–H groups in total. The average Bonchev–Trinajstić information content (AvgIpc) is 2.28. The second-order valence-electron chi connectivity index (χ2n) is 4.06. The summed E-state index contributed by atoms with van der Waals surface area (Å²) in [6.07, 6.45) is 0.207. The van der Waals surface area contributed by atoms with Crippen LogP contribution in [-0.2, 0) is 0 Å². The van der Waals surface area contributed by atoms with E-state index in [2.05, 4.69) is 10.3 Å². The Morgan fingerprint density at radius 2 is 1.63 bits per heavy atom. The van der Waals surface area contributed by atoms with E-state index in [9.17, 15) is 19.4 Å². The van der Waals surface area contributed by atoms with Crippen molar-refractivity contribution in [2.45, 2.75) is 4.90 Å². The fourth-order valence-electron chi connectivity index (χ4n) is 1.68. The van der Waals surface area contributed by atoms with Crippen LogP contribution in [0.25, 0.3) is 0 Å². The second kappa shape index (κ2) is 4.35. The normalized spacial score (nSPS) is 20.2. The fourth-order valence-corrected chi connectivity index (χ4v) is 2.26. The molecule has 1 aliphatic heterocycles. The smallest absolute Gasteiger partial charge is 0.311 e. The van der Waals surface area contributed by atoms with Crippen LogP contribution in [0.5, 0.6) is 0 Å². The Kier molecular flexibility index (Phi) is 3.72. The molecule has 1 fully saturated rings. The van der Waals surface area contributed by atoms with Crippen molar-refractivity contribution in [1.29, 1.82) is 0 Å². The molecular weight excluding hydrogens is 313 g/mol. The molecule has 1 aromatic heterocycles. The van der Waals surface area contributed by atoms with Gasteiger partial charge in [-0.2, -0.15) is 0 Å². The molecule has 0 spiro atoms. The number of pyridine rings is 1. The summed E-state index contributed by atoms with van der Waals surface area (Å²) in [5.74, 6) is 0.280. The van der Waals surface area contributed by atoms with Crippen LogP contribution in [0.1, 0.15) is 0 Å². The van der Waals surface area contributed by atoms with E-state index in [0.717, 1.165) is 6.07 Å². The summed E-state index contributed by atoms with van der Waals surface area (Å²) in [7, 11) is -9.60. The van der Waals surface area contributed by atoms with Crippen LogP contribution in [0.4, 0.5) is 25.2 Å². The molecule has 19 heavy (non-hydrogen) atoms. The zero-order valence-electron chi connectivity index (χ0n) is 9.66. The van der Waals surface area contributed by atoms with Gasteiger partial charge in [0, 0.05) is 26.2 Å². The van der Waals surface area contributed by atoms with Gasteiger partial charge in [-0.1, -0.05) is 19.4 Å². The van der Waals surface area contributed by atoms with Crippen molar-refractivity contribution in [3.05, 3.63) is 18.3 Å². The van der Waals surface area contributed by atoms with Crippen molar-refractivity contribution in [2.75, 3.05) is 31.1 Å². The summed E-state index contributed by atoms with van der Waals surface area (Å²) in [4.78, 5) is 3.28. The molecule has 112 valence electrons. The quantitative estimate of drug-likeness (QED) is 0.843. The minimum Gasteiger partial charge on any atom is -0.354 e. The molecule has 1 aliphatic rings. The van der Waals surface area contributed by atoms with Gasteiger partial charge in [-0.3, -0.25) is 0 Å². The van der Waals surface area contributed by atoms with Crippen molar-refractivity contribution < 1.29 is 19.4 Å². The van der Waals surface area contributed by atoms with Gasteiger partial charge in [-0.25, -0.2) is 4.98 Å². The molecule has 2 rings (SSSR count). The third kappa shape index (κ3) is 4.08. The Labute approximate surface area is 113 Å². The van der Waals surface area contributed by atoms with Crippen LogP contribution in [-0.4, -0.2) is 31.2 Å². The van der Waals surface area contributed by atoms with Crippen LogP contribution in [0, 0.1) is 0 Å². The summed E-state index contributed by atoms with van der Waals surface area (Å²) in [6.45, 7) is 2.54. The number of hydrogen-bond donors (Lipinski definition) is 1. The maximum absolute atomic E-state index is 12.5. The predicted octanol–water partition coefficient (Wildman–Crippen LogP) is 3.57. The zero-order chi connectivity index (χ0) is 13.5. The van der Waals surface area contributed by atoms with E-state index in [4.69, 9.17) is 0 Å². The summed E-state index contributed by atoms with van der Waals surface area (Å²) in [5.41, 5.74) is 0. The first-order chi connectivity index (χ1) is 8.06. The number of piperazine rings is 1. The molecule has 0 radical (unpaired) electrons. The topological polar surface area (TPSA) is 28.2 Å². The Morgan fingerprint density at radius 3 is 2.05 bits per heavy atom. The van der Waals surface area contributed by atoms with E-state index in [1.165, 1.54) is 0 Å². The van der Waals surface area contributed by atoms with Crippen LogP contribution >= 0.6 is 22.6 Å². The third-order valence-corrected chi connectivity index (χ3v) is 3.74. The van der Waals surface area contributed by atoms with Crippen LogP contribution in [0.3, 0.4) is 0 Å². The first-order valence-electron chi connectivity index (χ1n) is 5.22. The molecule has 1 saturated heterocycles. The highest BCUT2D eigenvalue weighted by molar-refractivity contribution is 8.45. The van der Waals surface area contributed by atoms with Crippen molar-refractivity contribution in [1.82, 2.24) is 10.3 Å². The molecule has 0 saturated carbocycles. The highest BCUT2D eigenvalue weighted by Gasteiger charge is 2.65. The molecule has 0 amide bonds. The van der Waals surface area contributed by atoms with Gasteiger partial charge < -0.3 is 10.2 Å². The lowest BCUT2D eigenvalue weighted by atomic mass is 10.3. The summed E-state index contributed by atoms with van der Waals surface area (Å²) in [6, 6.07) is 1.38. The van der Waals surface area contributed by atoms with Gasteiger partial charge in [0.1, 0.15) is 10.7 Å². The largest absolute Gasteiger partial charge is 0.354 e. The Morgan fingerprint density at radius 1 is 1.05 bits per heavy atom. The number of nitrogens with zero attached hydrogens (tertiary/aromatic N) is 2. The van der Waals surface area contributed by atoms with Gasteiger partial charge in [-0.05, 0) is 12.1 Å². The first-order valence-corrected chi connectivity index (χ1v) is 7.17. The molecular formula is C9H13ClF5N3S. The highest BCUT2D eigenvalue weighted by atomic mass is 35.5. The van der Waals surface area contributed by atoms with Crippen molar-refractivity contribution in [2.24, 2.45) is 0 Å². The molecule has 10 heteroatoms. The number of hydrogen-bond acceptors (Lipinski definition) is 3. The van der Waals surface area contributed by atoms with Crippen LogP contribution in [0.15, 0.2) is 23.2 Å². The average molecular weight is 326 g/mol. The molecule has 3 nitrogen and oxygen atoms in total. The minimum atomic E-state index is -9.60. The van der Waals surface area contributed by atoms with E-state index >= 15 is 0 Å². The number of aromatic nitrogens is 1. The van der Waals surface area contributed by atoms with E-state index in [1.807, 2.05) is 0 Å². The van der Waals surface area contributed by atoms with Gasteiger partial charge >= 0.3 is 10.2 Å². The Balaban J connectivity index is 0.00000180. The molecule has 0 atom stereocenters. The van der Waals surface area contributed by atoms with Crippen LogP contribution in [0.2, 0.25) is 0 Å². The number of nitrogens with one attached hydrogen (secondary N) is 1. The van der Waals surface area contributed by atoms with E-state index < -0.39 is 15.1 Å². The van der Waals surface area contributed by atoms with Crippen molar-refractivity contribution in [3.63, 3.8) is 0 Å². The monoisotopic (exact) mass is 325 g/mol. The molecule has 0 aliphatic carbocycles. The molecule has 0 aromatic carbocycles. The Hall–Kier alpha value is -0.800. The van der Waals surface area contributed by atoms with Crippen molar-refractivity contribution >= 4 is 28.4 Å². The molecule has 2 heterocycles. The number of anilines is 1. The fraction of sp³-hybridized carbons (Fsp3) is 0.444. The van der Waals surface area contributed by atoms with E-state index in [-0.39, 0.29) is 24.4 Å². The SMILES string of the molecule is Cl.FS(F)(F)(F)(F)c1ccc(N2CCNCC2)nc1. The highest BCUT2D eigenvalue weighted by Crippen LogP contribution is 3.02. The summed E-state index contributed by atoms with van der Waals surface area (Å²) in [5, 5.41) is 3.07. The lowest BCUT2D eigenvalue weighted by molar-refractivity contribution is 0.363. The first kappa shape index (κ1) is 16.3. The van der Waals surface area contributed by atoms with E-state index in [0.29, 0.717) is 32.2 Å². The van der Waals surface area contributed by atoms with Crippen LogP contribution < -0.4 is 10.2 Å². The number of rotatable bonds is 2. The minimum absolute atomic E-state index is 0. The lowest BCUT2D eigenvalue weighted by Gasteiger charge is -2.40. The Bertz CT molecular complexity index is 442. The maximum Gasteiger partial charge on any atom is 0.311 e. The number of halogens is 6. The van der Waals surface area contributed by atoms with Gasteiger partial charge in [0.05, 0.1) is 6.20 Å². The predicted molar refractivity (Wildman–Crippen MR) is 68.0 cm³/mol.